The first-order valence-electron chi connectivity index (χ1n) is 5.27. The Kier molecular flexibility index (Phi) is 2.59. The molecule has 88 valence electrons. The Labute approximate surface area is 93.4 Å². The average molecular weight is 224 g/mol. The molecular formula is C10H16N4O2. The molecule has 0 bridgehead atoms. The number of anilines is 1. The normalized spacial score (nSPS) is 23.9. The summed E-state index contributed by atoms with van der Waals surface area (Å²) in [6, 6.07) is 0.0529. The molecule has 6 heteroatoms. The maximum absolute atomic E-state index is 11.9. The Morgan fingerprint density at radius 3 is 2.69 bits per heavy atom. The third kappa shape index (κ3) is 1.76. The second-order valence-electron chi connectivity index (χ2n) is 4.27. The van der Waals surface area contributed by atoms with Crippen molar-refractivity contribution in [3.63, 3.8) is 0 Å². The summed E-state index contributed by atoms with van der Waals surface area (Å²) in [4.78, 5) is 11.9. The second kappa shape index (κ2) is 3.79. The number of nitrogens with one attached hydrogen (secondary N) is 1. The molecule has 0 aromatic carbocycles. The lowest BCUT2D eigenvalue weighted by Gasteiger charge is -2.31. The number of nitrogens with zero attached hydrogens (tertiary/aromatic N) is 2. The molecule has 0 spiro atoms. The van der Waals surface area contributed by atoms with E-state index in [-0.39, 0.29) is 18.1 Å². The highest BCUT2D eigenvalue weighted by Crippen LogP contribution is 2.21. The number of rotatable bonds is 2. The van der Waals surface area contributed by atoms with Crippen LogP contribution in [0.1, 0.15) is 29.0 Å². The zero-order chi connectivity index (χ0) is 11.9. The third-order valence-corrected chi connectivity index (χ3v) is 2.93. The second-order valence-corrected chi connectivity index (χ2v) is 4.27. The van der Waals surface area contributed by atoms with Crippen molar-refractivity contribution in [2.75, 3.05) is 5.73 Å². The Bertz CT molecular complexity index is 421. The molecule has 1 amide bonds. The van der Waals surface area contributed by atoms with Crippen molar-refractivity contribution in [3.8, 4) is 0 Å². The van der Waals surface area contributed by atoms with E-state index in [0.29, 0.717) is 29.9 Å². The average Bonchev–Trinajstić information content (AvgIpc) is 2.38. The van der Waals surface area contributed by atoms with Gasteiger partial charge >= 0.3 is 0 Å². The Morgan fingerprint density at radius 1 is 1.62 bits per heavy atom. The van der Waals surface area contributed by atoms with Gasteiger partial charge in [-0.05, 0) is 19.8 Å². The van der Waals surface area contributed by atoms with Gasteiger partial charge in [0.15, 0.2) is 0 Å². The maximum atomic E-state index is 11.9. The minimum Gasteiger partial charge on any atom is -0.395 e. The molecule has 1 fully saturated rings. The fourth-order valence-electron chi connectivity index (χ4n) is 1.90. The first-order chi connectivity index (χ1) is 7.49. The molecule has 6 nitrogen and oxygen atoms in total. The molecule has 0 aliphatic heterocycles. The monoisotopic (exact) mass is 224 g/mol. The summed E-state index contributed by atoms with van der Waals surface area (Å²) < 4.78 is 1.48. The zero-order valence-electron chi connectivity index (χ0n) is 9.40. The summed E-state index contributed by atoms with van der Waals surface area (Å²) in [6.45, 7) is 1.76. The van der Waals surface area contributed by atoms with Crippen molar-refractivity contribution in [2.45, 2.75) is 31.9 Å². The van der Waals surface area contributed by atoms with Crippen LogP contribution in [0.25, 0.3) is 0 Å². The van der Waals surface area contributed by atoms with Gasteiger partial charge in [0.1, 0.15) is 5.69 Å². The van der Waals surface area contributed by atoms with Crippen molar-refractivity contribution in [2.24, 2.45) is 7.05 Å². The smallest absolute Gasteiger partial charge is 0.271 e. The minimum absolute atomic E-state index is 0.0529. The third-order valence-electron chi connectivity index (χ3n) is 2.93. The standard InChI is InChI=1S/C10H16N4O2/c1-5-8(11)9(14(2)13-5)10(16)12-6-3-7(15)4-6/h6-7,15H,3-4,11H2,1-2H3,(H,12,16). The molecule has 0 unspecified atom stereocenters. The van der Waals surface area contributed by atoms with Crippen LogP contribution in [0.15, 0.2) is 0 Å². The van der Waals surface area contributed by atoms with Crippen molar-refractivity contribution >= 4 is 11.6 Å². The number of hydrogen-bond donors (Lipinski definition) is 3. The van der Waals surface area contributed by atoms with Crippen molar-refractivity contribution in [1.82, 2.24) is 15.1 Å². The predicted molar refractivity (Wildman–Crippen MR) is 58.9 cm³/mol. The van der Waals surface area contributed by atoms with E-state index < -0.39 is 0 Å². The van der Waals surface area contributed by atoms with Crippen LogP contribution in [-0.2, 0) is 7.05 Å². The molecule has 0 radical (unpaired) electrons. The van der Waals surface area contributed by atoms with Crippen LogP contribution in [0.2, 0.25) is 0 Å². The molecule has 16 heavy (non-hydrogen) atoms. The number of amides is 1. The summed E-state index contributed by atoms with van der Waals surface area (Å²) in [7, 11) is 1.69. The highest BCUT2D eigenvalue weighted by molar-refractivity contribution is 5.98. The van der Waals surface area contributed by atoms with E-state index in [1.807, 2.05) is 0 Å². The number of aromatic nitrogens is 2. The molecule has 1 aromatic heterocycles. The van der Waals surface area contributed by atoms with E-state index in [0.717, 1.165) is 0 Å². The van der Waals surface area contributed by atoms with Crippen LogP contribution >= 0.6 is 0 Å². The summed E-state index contributed by atoms with van der Waals surface area (Å²) in [5.74, 6) is -0.225. The van der Waals surface area contributed by atoms with E-state index >= 15 is 0 Å². The van der Waals surface area contributed by atoms with Crippen LogP contribution in [0.4, 0.5) is 5.69 Å². The van der Waals surface area contributed by atoms with Crippen molar-refractivity contribution < 1.29 is 9.90 Å². The Balaban J connectivity index is 2.09. The molecule has 0 saturated heterocycles. The van der Waals surface area contributed by atoms with Crippen LogP contribution < -0.4 is 11.1 Å². The van der Waals surface area contributed by atoms with E-state index in [2.05, 4.69) is 10.4 Å². The van der Waals surface area contributed by atoms with Gasteiger partial charge in [-0.25, -0.2) is 0 Å². The lowest BCUT2D eigenvalue weighted by atomic mass is 9.89. The lowest BCUT2D eigenvalue weighted by Crippen LogP contribution is -2.47. The van der Waals surface area contributed by atoms with Crippen LogP contribution in [0.5, 0.6) is 0 Å². The Morgan fingerprint density at radius 2 is 2.25 bits per heavy atom. The molecule has 2 rings (SSSR count). The number of nitrogens with two attached hydrogens (primary N) is 1. The van der Waals surface area contributed by atoms with Gasteiger partial charge in [-0.15, -0.1) is 0 Å². The van der Waals surface area contributed by atoms with Crippen LogP contribution in [0.3, 0.4) is 0 Å². The summed E-state index contributed by atoms with van der Waals surface area (Å²) in [5.41, 5.74) is 7.23. The van der Waals surface area contributed by atoms with Gasteiger partial charge in [0.05, 0.1) is 17.5 Å². The van der Waals surface area contributed by atoms with Crippen LogP contribution in [-0.4, -0.2) is 32.9 Å². The van der Waals surface area contributed by atoms with Gasteiger partial charge < -0.3 is 16.2 Å². The largest absolute Gasteiger partial charge is 0.395 e. The van der Waals surface area contributed by atoms with Crippen molar-refractivity contribution in [3.05, 3.63) is 11.4 Å². The fraction of sp³-hybridized carbons (Fsp3) is 0.600. The van der Waals surface area contributed by atoms with Gasteiger partial charge in [-0.1, -0.05) is 0 Å². The van der Waals surface area contributed by atoms with Crippen molar-refractivity contribution in [1.29, 1.82) is 0 Å². The maximum Gasteiger partial charge on any atom is 0.271 e. The van der Waals surface area contributed by atoms with Gasteiger partial charge in [-0.2, -0.15) is 5.10 Å². The van der Waals surface area contributed by atoms with Gasteiger partial charge in [0.2, 0.25) is 0 Å². The molecule has 4 N–H and O–H groups in total. The molecule has 1 aromatic rings. The highest BCUT2D eigenvalue weighted by atomic mass is 16.3. The molecular weight excluding hydrogens is 208 g/mol. The van der Waals surface area contributed by atoms with E-state index in [1.54, 1.807) is 14.0 Å². The number of hydrogen-bond acceptors (Lipinski definition) is 4. The molecule has 1 aliphatic rings. The molecule has 0 atom stereocenters. The summed E-state index contributed by atoms with van der Waals surface area (Å²) >= 11 is 0. The summed E-state index contributed by atoms with van der Waals surface area (Å²) in [6.07, 6.45) is 0.946. The Hall–Kier alpha value is -1.56. The number of carbonyl (C=O) groups excluding carboxylic acids is 1. The number of carbonyl (C=O) groups is 1. The lowest BCUT2D eigenvalue weighted by molar-refractivity contribution is 0.0559. The van der Waals surface area contributed by atoms with Gasteiger partial charge in [0, 0.05) is 13.1 Å². The highest BCUT2D eigenvalue weighted by Gasteiger charge is 2.30. The summed E-state index contributed by atoms with van der Waals surface area (Å²) in [5, 5.41) is 16.0. The first kappa shape index (κ1) is 10.9. The van der Waals surface area contributed by atoms with E-state index in [4.69, 9.17) is 10.8 Å². The molecule has 1 aliphatic carbocycles. The fourth-order valence-corrected chi connectivity index (χ4v) is 1.90. The molecule has 1 heterocycles. The SMILES string of the molecule is Cc1nn(C)c(C(=O)NC2CC(O)C2)c1N. The minimum atomic E-state index is -0.282. The molecule has 1 saturated carbocycles. The quantitative estimate of drug-likeness (QED) is 0.635. The number of aryl methyl sites for hydroxylation is 2. The van der Waals surface area contributed by atoms with Gasteiger partial charge in [-0.3, -0.25) is 9.48 Å². The predicted octanol–water partition coefficient (Wildman–Crippen LogP) is -0.436. The number of nitrogen functional groups attached to an aromatic ring is 1. The number of aliphatic hydroxyl groups excluding tert-OH is 1. The van der Waals surface area contributed by atoms with E-state index in [1.165, 1.54) is 4.68 Å². The van der Waals surface area contributed by atoms with Gasteiger partial charge in [0.25, 0.3) is 5.91 Å². The topological polar surface area (TPSA) is 93.2 Å². The number of aliphatic hydroxyl groups is 1. The zero-order valence-corrected chi connectivity index (χ0v) is 9.40. The van der Waals surface area contributed by atoms with E-state index in [9.17, 15) is 4.79 Å². The first-order valence-corrected chi connectivity index (χ1v) is 5.27. The van der Waals surface area contributed by atoms with Crippen LogP contribution in [0, 0.1) is 6.92 Å².